The van der Waals surface area contributed by atoms with Crippen LogP contribution < -0.4 is 5.73 Å². The standard InChI is InChI=1S/C8H12N2OS/c1-7(2)5-3-8(5,6(9)11)12-4-10-7/h4-5H,3H2,1-2H3,(H2,9,11). The first-order valence-corrected chi connectivity index (χ1v) is 4.88. The molecule has 0 aromatic carbocycles. The van der Waals surface area contributed by atoms with Crippen molar-refractivity contribution in [2.24, 2.45) is 16.6 Å². The molecule has 0 aromatic heterocycles. The van der Waals surface area contributed by atoms with Crippen LogP contribution in [0.5, 0.6) is 0 Å². The molecule has 66 valence electrons. The Morgan fingerprint density at radius 3 is 2.92 bits per heavy atom. The number of nitrogens with two attached hydrogens (primary N) is 1. The van der Waals surface area contributed by atoms with Gasteiger partial charge in [-0.3, -0.25) is 9.79 Å². The zero-order chi connectivity index (χ0) is 8.98. The first kappa shape index (κ1) is 8.10. The Labute approximate surface area is 75.8 Å². The molecular formula is C8H12N2OS. The van der Waals surface area contributed by atoms with Crippen LogP contribution in [-0.4, -0.2) is 21.7 Å². The van der Waals surface area contributed by atoms with E-state index in [1.54, 1.807) is 5.55 Å². The topological polar surface area (TPSA) is 55.4 Å². The van der Waals surface area contributed by atoms with Crippen LogP contribution in [0.25, 0.3) is 0 Å². The smallest absolute Gasteiger partial charge is 0.234 e. The second-order valence-corrected chi connectivity index (χ2v) is 5.19. The van der Waals surface area contributed by atoms with E-state index in [9.17, 15) is 4.79 Å². The van der Waals surface area contributed by atoms with Gasteiger partial charge >= 0.3 is 0 Å². The van der Waals surface area contributed by atoms with Gasteiger partial charge in [-0.2, -0.15) is 0 Å². The van der Waals surface area contributed by atoms with Gasteiger partial charge in [0.1, 0.15) is 4.75 Å². The average molecular weight is 184 g/mol. The second kappa shape index (κ2) is 2.05. The van der Waals surface area contributed by atoms with Crippen LogP contribution in [-0.2, 0) is 4.79 Å². The van der Waals surface area contributed by atoms with E-state index in [0.29, 0.717) is 5.92 Å². The predicted molar refractivity (Wildman–Crippen MR) is 50.2 cm³/mol. The summed E-state index contributed by atoms with van der Waals surface area (Å²) in [5.41, 5.74) is 7.02. The molecule has 0 radical (unpaired) electrons. The highest BCUT2D eigenvalue weighted by molar-refractivity contribution is 8.14. The van der Waals surface area contributed by atoms with Crippen LogP contribution in [0, 0.1) is 5.92 Å². The minimum atomic E-state index is -0.314. The summed E-state index contributed by atoms with van der Waals surface area (Å²) in [6, 6.07) is 0. The molecule has 1 saturated carbocycles. The predicted octanol–water partition coefficient (Wildman–Crippen LogP) is 0.784. The fourth-order valence-electron chi connectivity index (χ4n) is 1.87. The first-order valence-electron chi connectivity index (χ1n) is 4.00. The third-order valence-electron chi connectivity index (χ3n) is 2.83. The molecule has 2 N–H and O–H groups in total. The summed E-state index contributed by atoms with van der Waals surface area (Å²) in [6.45, 7) is 4.11. The van der Waals surface area contributed by atoms with E-state index < -0.39 is 0 Å². The van der Waals surface area contributed by atoms with E-state index in [4.69, 9.17) is 5.73 Å². The number of carbonyl (C=O) groups excluding carboxylic acids is 1. The normalized spacial score (nSPS) is 42.0. The molecule has 1 fully saturated rings. The molecule has 2 aliphatic rings. The Morgan fingerprint density at radius 1 is 1.75 bits per heavy atom. The maximum absolute atomic E-state index is 11.1. The quantitative estimate of drug-likeness (QED) is 0.655. The Kier molecular flexibility index (Phi) is 1.38. The van der Waals surface area contributed by atoms with Crippen LogP contribution in [0.3, 0.4) is 0 Å². The fourth-order valence-corrected chi connectivity index (χ4v) is 3.22. The summed E-state index contributed by atoms with van der Waals surface area (Å²) >= 11 is 1.48. The molecule has 2 rings (SSSR count). The number of rotatable bonds is 1. The summed E-state index contributed by atoms with van der Waals surface area (Å²) in [6.07, 6.45) is 0.889. The maximum atomic E-state index is 11.1. The van der Waals surface area contributed by atoms with E-state index >= 15 is 0 Å². The average Bonchev–Trinajstić information content (AvgIpc) is 2.63. The molecule has 1 heterocycles. The van der Waals surface area contributed by atoms with Gasteiger partial charge in [-0.15, -0.1) is 0 Å². The molecule has 0 aromatic rings. The molecule has 0 saturated heterocycles. The lowest BCUT2D eigenvalue weighted by Crippen LogP contribution is -2.37. The molecule has 1 amide bonds. The van der Waals surface area contributed by atoms with Gasteiger partial charge in [0.05, 0.1) is 11.1 Å². The van der Waals surface area contributed by atoms with Crippen LogP contribution in [0.2, 0.25) is 0 Å². The molecule has 1 aliphatic heterocycles. The van der Waals surface area contributed by atoms with Gasteiger partial charge in [0.2, 0.25) is 5.91 Å². The molecule has 0 spiro atoms. The summed E-state index contributed by atoms with van der Waals surface area (Å²) < 4.78 is -0.314. The highest BCUT2D eigenvalue weighted by Gasteiger charge is 2.66. The number of amides is 1. The van der Waals surface area contributed by atoms with Gasteiger partial charge < -0.3 is 5.73 Å². The maximum Gasteiger partial charge on any atom is 0.234 e. The van der Waals surface area contributed by atoms with Crippen molar-refractivity contribution in [2.75, 3.05) is 0 Å². The van der Waals surface area contributed by atoms with Gasteiger partial charge in [0, 0.05) is 5.92 Å². The number of hydrogen-bond donors (Lipinski definition) is 1. The molecule has 3 nitrogen and oxygen atoms in total. The largest absolute Gasteiger partial charge is 0.368 e. The van der Waals surface area contributed by atoms with E-state index in [-0.39, 0.29) is 16.2 Å². The number of nitrogens with zero attached hydrogens (tertiary/aromatic N) is 1. The van der Waals surface area contributed by atoms with E-state index in [1.807, 2.05) is 0 Å². The van der Waals surface area contributed by atoms with Crippen molar-refractivity contribution >= 4 is 23.2 Å². The first-order chi connectivity index (χ1) is 5.49. The van der Waals surface area contributed by atoms with E-state index in [0.717, 1.165) is 6.42 Å². The Hall–Kier alpha value is -0.510. The van der Waals surface area contributed by atoms with Gasteiger partial charge in [-0.05, 0) is 20.3 Å². The summed E-state index contributed by atoms with van der Waals surface area (Å²) in [7, 11) is 0. The number of fused-ring (bicyclic) bond motifs is 1. The molecule has 1 aliphatic carbocycles. The Morgan fingerprint density at radius 2 is 2.42 bits per heavy atom. The lowest BCUT2D eigenvalue weighted by molar-refractivity contribution is -0.118. The number of hydrogen-bond acceptors (Lipinski definition) is 3. The number of thioether (sulfide) groups is 1. The third-order valence-corrected chi connectivity index (χ3v) is 4.11. The molecule has 4 heteroatoms. The third kappa shape index (κ3) is 0.843. The highest BCUT2D eigenvalue weighted by Crippen LogP contribution is 2.61. The lowest BCUT2D eigenvalue weighted by atomic mass is 9.97. The van der Waals surface area contributed by atoms with Crippen molar-refractivity contribution in [3.63, 3.8) is 0 Å². The minimum absolute atomic E-state index is 0.0969. The number of primary amides is 1. The van der Waals surface area contributed by atoms with Gasteiger partial charge in [0.15, 0.2) is 0 Å². The Balaban J connectivity index is 2.30. The highest BCUT2D eigenvalue weighted by atomic mass is 32.2. The number of aliphatic imine (C=N–C) groups is 1. The lowest BCUT2D eigenvalue weighted by Gasteiger charge is -2.26. The van der Waals surface area contributed by atoms with Crippen molar-refractivity contribution in [1.82, 2.24) is 0 Å². The Bertz CT molecular complexity index is 274. The molecule has 2 atom stereocenters. The molecule has 2 unspecified atom stereocenters. The summed E-state index contributed by atoms with van der Waals surface area (Å²) in [5.74, 6) is 0.161. The zero-order valence-corrected chi connectivity index (χ0v) is 8.02. The van der Waals surface area contributed by atoms with Crippen molar-refractivity contribution in [1.29, 1.82) is 0 Å². The van der Waals surface area contributed by atoms with Crippen LogP contribution >= 0.6 is 11.8 Å². The van der Waals surface area contributed by atoms with Crippen molar-refractivity contribution in [3.8, 4) is 0 Å². The van der Waals surface area contributed by atoms with Crippen LogP contribution in [0.4, 0.5) is 0 Å². The van der Waals surface area contributed by atoms with E-state index in [1.165, 1.54) is 11.8 Å². The number of carbonyl (C=O) groups is 1. The van der Waals surface area contributed by atoms with E-state index in [2.05, 4.69) is 18.8 Å². The molecular weight excluding hydrogens is 172 g/mol. The monoisotopic (exact) mass is 184 g/mol. The van der Waals surface area contributed by atoms with Crippen LogP contribution in [0.1, 0.15) is 20.3 Å². The SMILES string of the molecule is CC1(C)N=CSC2(C(N)=O)CC12. The fraction of sp³-hybridized carbons (Fsp3) is 0.750. The van der Waals surface area contributed by atoms with Crippen molar-refractivity contribution < 1.29 is 4.79 Å². The van der Waals surface area contributed by atoms with Gasteiger partial charge in [0.25, 0.3) is 0 Å². The second-order valence-electron chi connectivity index (χ2n) is 4.02. The minimum Gasteiger partial charge on any atom is -0.368 e. The molecule has 0 bridgehead atoms. The summed E-state index contributed by atoms with van der Waals surface area (Å²) in [5, 5.41) is 0. The van der Waals surface area contributed by atoms with Gasteiger partial charge in [-0.1, -0.05) is 11.8 Å². The van der Waals surface area contributed by atoms with Gasteiger partial charge in [-0.25, -0.2) is 0 Å². The molecule has 12 heavy (non-hydrogen) atoms. The summed E-state index contributed by atoms with van der Waals surface area (Å²) in [4.78, 5) is 15.5. The van der Waals surface area contributed by atoms with Crippen LogP contribution in [0.15, 0.2) is 4.99 Å². The zero-order valence-electron chi connectivity index (χ0n) is 7.20. The van der Waals surface area contributed by atoms with Crippen molar-refractivity contribution in [2.45, 2.75) is 30.6 Å². The van der Waals surface area contributed by atoms with Crippen molar-refractivity contribution in [3.05, 3.63) is 0 Å².